The van der Waals surface area contributed by atoms with Gasteiger partial charge in [-0.1, -0.05) is 0 Å². The fraction of sp³-hybridized carbons (Fsp3) is 0.435. The van der Waals surface area contributed by atoms with Gasteiger partial charge in [-0.05, 0) is 56.5 Å². The van der Waals surface area contributed by atoms with Crippen LogP contribution in [0.5, 0.6) is 5.75 Å². The second-order valence-corrected chi connectivity index (χ2v) is 10.8. The minimum Gasteiger partial charge on any atom is -0.490 e. The molecule has 174 valence electrons. The highest BCUT2D eigenvalue weighted by molar-refractivity contribution is 7.91. The van der Waals surface area contributed by atoms with Crippen molar-refractivity contribution in [1.82, 2.24) is 14.8 Å². The van der Waals surface area contributed by atoms with Crippen LogP contribution in [0.1, 0.15) is 53.0 Å². The minimum atomic E-state index is -3.10. The van der Waals surface area contributed by atoms with Crippen LogP contribution in [0.2, 0.25) is 0 Å². The number of aryl methyl sites for hydroxylation is 1. The fourth-order valence-corrected chi connectivity index (χ4v) is 5.90. The zero-order valence-corrected chi connectivity index (χ0v) is 19.0. The Kier molecular flexibility index (Phi) is 5.55. The molecule has 0 N–H and O–H groups in total. The topological polar surface area (TPSA) is 100 Å². The summed E-state index contributed by atoms with van der Waals surface area (Å²) < 4.78 is 49.7. The van der Waals surface area contributed by atoms with Gasteiger partial charge in [0.1, 0.15) is 24.8 Å². The maximum absolute atomic E-state index is 13.0. The van der Waals surface area contributed by atoms with Crippen LogP contribution in [-0.4, -0.2) is 53.9 Å². The molecule has 3 heterocycles. The highest BCUT2D eigenvalue weighted by Crippen LogP contribution is 2.41. The minimum absolute atomic E-state index is 0.0207. The van der Waals surface area contributed by atoms with Gasteiger partial charge in [-0.2, -0.15) is 5.10 Å². The second kappa shape index (κ2) is 8.40. The normalized spacial score (nSPS) is 19.6. The van der Waals surface area contributed by atoms with E-state index in [0.717, 1.165) is 18.5 Å². The number of hydrogen-bond acceptors (Lipinski definition) is 7. The number of pyridine rings is 1. The summed E-state index contributed by atoms with van der Waals surface area (Å²) in [4.78, 5) is 17.8. The molecule has 8 nitrogen and oxygen atoms in total. The van der Waals surface area contributed by atoms with Crippen LogP contribution >= 0.6 is 0 Å². The number of fused-ring (bicyclic) bond motifs is 1. The SMILES string of the molecule is Cc1nn(C2CCS(=O)(=O)C2)c2nc(C3CC3)cc(C(=O)OCCOc3ccc(F)cc3)c12. The monoisotopic (exact) mass is 473 g/mol. The van der Waals surface area contributed by atoms with Crippen LogP contribution < -0.4 is 4.74 Å². The maximum atomic E-state index is 13.0. The van der Waals surface area contributed by atoms with Crippen molar-refractivity contribution in [2.75, 3.05) is 24.7 Å². The Morgan fingerprint density at radius 1 is 1.18 bits per heavy atom. The van der Waals surface area contributed by atoms with Gasteiger partial charge in [0, 0.05) is 11.6 Å². The van der Waals surface area contributed by atoms with Crippen molar-refractivity contribution >= 4 is 26.8 Å². The quantitative estimate of drug-likeness (QED) is 0.383. The van der Waals surface area contributed by atoms with E-state index in [0.29, 0.717) is 40.4 Å². The van der Waals surface area contributed by atoms with Crippen LogP contribution in [0.3, 0.4) is 0 Å². The Hall–Kier alpha value is -3.01. The van der Waals surface area contributed by atoms with Gasteiger partial charge in [-0.3, -0.25) is 0 Å². The number of ether oxygens (including phenoxy) is 2. The summed E-state index contributed by atoms with van der Waals surface area (Å²) in [6, 6.07) is 7.09. The molecule has 1 aromatic carbocycles. The molecule has 33 heavy (non-hydrogen) atoms. The number of halogens is 1. The van der Waals surface area contributed by atoms with Crippen LogP contribution in [0.25, 0.3) is 11.0 Å². The molecular weight excluding hydrogens is 449 g/mol. The number of sulfone groups is 1. The van der Waals surface area contributed by atoms with E-state index >= 15 is 0 Å². The molecule has 0 bridgehead atoms. The van der Waals surface area contributed by atoms with E-state index in [1.165, 1.54) is 24.3 Å². The molecule has 1 aliphatic carbocycles. The predicted octanol–water partition coefficient (Wildman–Crippen LogP) is 3.35. The van der Waals surface area contributed by atoms with E-state index < -0.39 is 15.8 Å². The lowest BCUT2D eigenvalue weighted by Gasteiger charge is -2.12. The lowest BCUT2D eigenvalue weighted by Crippen LogP contribution is -2.15. The zero-order valence-electron chi connectivity index (χ0n) is 18.2. The maximum Gasteiger partial charge on any atom is 0.339 e. The van der Waals surface area contributed by atoms with Crippen LogP contribution in [0.4, 0.5) is 4.39 Å². The molecule has 1 aliphatic heterocycles. The molecule has 1 saturated heterocycles. The van der Waals surface area contributed by atoms with Crippen molar-refractivity contribution in [3.8, 4) is 5.75 Å². The van der Waals surface area contributed by atoms with Gasteiger partial charge in [0.2, 0.25) is 0 Å². The van der Waals surface area contributed by atoms with E-state index in [2.05, 4.69) is 5.10 Å². The van der Waals surface area contributed by atoms with Crippen LogP contribution in [0.15, 0.2) is 30.3 Å². The number of nitrogens with zero attached hydrogens (tertiary/aromatic N) is 3. The molecule has 0 amide bonds. The molecular formula is C23H24FN3O5S. The number of benzene rings is 1. The molecule has 5 rings (SSSR count). The fourth-order valence-electron chi connectivity index (χ4n) is 4.21. The van der Waals surface area contributed by atoms with Crippen LogP contribution in [0, 0.1) is 12.7 Å². The Morgan fingerprint density at radius 3 is 2.61 bits per heavy atom. The molecule has 2 fully saturated rings. The van der Waals surface area contributed by atoms with Crippen molar-refractivity contribution in [2.45, 2.75) is 38.1 Å². The molecule has 2 aromatic heterocycles. The van der Waals surface area contributed by atoms with Crippen molar-refractivity contribution < 1.29 is 27.1 Å². The summed E-state index contributed by atoms with van der Waals surface area (Å²) >= 11 is 0. The van der Waals surface area contributed by atoms with E-state index in [4.69, 9.17) is 14.5 Å². The first kappa shape index (κ1) is 21.8. The van der Waals surface area contributed by atoms with Gasteiger partial charge in [0.25, 0.3) is 0 Å². The third kappa shape index (κ3) is 4.57. The summed E-state index contributed by atoms with van der Waals surface area (Å²) in [7, 11) is -3.10. The average Bonchev–Trinajstić information content (AvgIpc) is 3.50. The number of hydrogen-bond donors (Lipinski definition) is 0. The number of esters is 1. The van der Waals surface area contributed by atoms with Gasteiger partial charge in [-0.15, -0.1) is 0 Å². The summed E-state index contributed by atoms with van der Waals surface area (Å²) in [5.41, 5.74) is 2.33. The Labute approximate surface area is 190 Å². The number of rotatable bonds is 7. The Morgan fingerprint density at radius 2 is 1.94 bits per heavy atom. The van der Waals surface area contributed by atoms with Crippen molar-refractivity contribution in [3.63, 3.8) is 0 Å². The lowest BCUT2D eigenvalue weighted by atomic mass is 10.1. The summed E-state index contributed by atoms with van der Waals surface area (Å²) in [5, 5.41) is 5.16. The van der Waals surface area contributed by atoms with E-state index in [-0.39, 0.29) is 36.6 Å². The molecule has 2 aliphatic rings. The number of carbonyl (C=O) groups is 1. The van der Waals surface area contributed by atoms with Gasteiger partial charge >= 0.3 is 5.97 Å². The van der Waals surface area contributed by atoms with Crippen molar-refractivity contribution in [3.05, 3.63) is 53.1 Å². The molecule has 3 aromatic rings. The lowest BCUT2D eigenvalue weighted by molar-refractivity contribution is 0.0452. The van der Waals surface area contributed by atoms with E-state index in [1.54, 1.807) is 17.7 Å². The first-order valence-electron chi connectivity index (χ1n) is 11.0. The van der Waals surface area contributed by atoms with Gasteiger partial charge in [0.05, 0.1) is 34.2 Å². The van der Waals surface area contributed by atoms with Crippen molar-refractivity contribution in [2.24, 2.45) is 0 Å². The molecule has 1 unspecified atom stereocenters. The summed E-state index contributed by atoms with van der Waals surface area (Å²) in [5.74, 6) is 0.0708. The molecule has 10 heteroatoms. The third-order valence-electron chi connectivity index (χ3n) is 6.03. The largest absolute Gasteiger partial charge is 0.490 e. The van der Waals surface area contributed by atoms with E-state index in [1.807, 2.05) is 0 Å². The van der Waals surface area contributed by atoms with Gasteiger partial charge < -0.3 is 9.47 Å². The predicted molar refractivity (Wildman–Crippen MR) is 119 cm³/mol. The number of aromatic nitrogens is 3. The van der Waals surface area contributed by atoms with E-state index in [9.17, 15) is 17.6 Å². The van der Waals surface area contributed by atoms with Gasteiger partial charge in [0.15, 0.2) is 15.5 Å². The Balaban J connectivity index is 1.38. The van der Waals surface area contributed by atoms with Gasteiger partial charge in [-0.25, -0.2) is 27.3 Å². The summed E-state index contributed by atoms with van der Waals surface area (Å²) in [6.07, 6.45) is 2.49. The zero-order chi connectivity index (χ0) is 23.2. The first-order valence-corrected chi connectivity index (χ1v) is 12.8. The smallest absolute Gasteiger partial charge is 0.339 e. The molecule has 1 saturated carbocycles. The first-order chi connectivity index (χ1) is 15.8. The molecule has 1 atom stereocenters. The molecule has 0 spiro atoms. The van der Waals surface area contributed by atoms with Crippen molar-refractivity contribution in [1.29, 1.82) is 0 Å². The average molecular weight is 474 g/mol. The third-order valence-corrected chi connectivity index (χ3v) is 7.78. The van der Waals surface area contributed by atoms with Crippen LogP contribution in [-0.2, 0) is 14.6 Å². The number of carbonyl (C=O) groups excluding carboxylic acids is 1. The second-order valence-electron chi connectivity index (χ2n) is 8.59. The highest BCUT2D eigenvalue weighted by atomic mass is 32.2. The Bertz CT molecular complexity index is 1320. The standard InChI is InChI=1S/C23H24FN3O5S/c1-14-21-19(23(28)32-10-9-31-18-6-4-16(24)5-7-18)12-20(15-2-3-15)25-22(21)27(26-14)17-8-11-33(29,30)13-17/h4-7,12,15,17H,2-3,8-11,13H2,1H3. The summed E-state index contributed by atoms with van der Waals surface area (Å²) in [6.45, 7) is 1.93. The molecule has 0 radical (unpaired) electrons. The highest BCUT2D eigenvalue weighted by Gasteiger charge is 2.34.